The number of nitrogens with one attached hydrogen (secondary N) is 1. The lowest BCUT2D eigenvalue weighted by atomic mass is 10.0. The Balaban J connectivity index is 1.78. The van der Waals surface area contributed by atoms with E-state index in [4.69, 9.17) is 4.74 Å². The van der Waals surface area contributed by atoms with Crippen LogP contribution in [0, 0.1) is 6.92 Å². The molecule has 25 heavy (non-hydrogen) atoms. The quantitative estimate of drug-likeness (QED) is 0.772. The van der Waals surface area contributed by atoms with Crippen LogP contribution in [0.15, 0.2) is 48.5 Å². The summed E-state index contributed by atoms with van der Waals surface area (Å²) in [4.78, 5) is 12.0. The third-order valence-electron chi connectivity index (χ3n) is 4.01. The molecule has 2 N–H and O–H groups in total. The molecule has 2 rings (SSSR count). The molecule has 2 aromatic carbocycles. The van der Waals surface area contributed by atoms with Crippen LogP contribution in [-0.2, 0) is 11.2 Å². The van der Waals surface area contributed by atoms with Crippen molar-refractivity contribution in [3.8, 4) is 5.75 Å². The smallest absolute Gasteiger partial charge is 0.220 e. The van der Waals surface area contributed by atoms with E-state index in [1.165, 1.54) is 11.1 Å². The standard InChI is InChI=1S/C21H27NO3/c1-15(2)25-19-11-8-18(9-12-19)20(23)14-22-21(24)13-10-17-7-5-4-6-16(17)3/h4-9,11-12,15,20,23H,10,13-14H2,1-3H3,(H,22,24). The van der Waals surface area contributed by atoms with Crippen LogP contribution < -0.4 is 10.1 Å². The molecule has 0 heterocycles. The van der Waals surface area contributed by atoms with Crippen molar-refractivity contribution in [2.24, 2.45) is 0 Å². The van der Waals surface area contributed by atoms with Gasteiger partial charge in [0.15, 0.2) is 0 Å². The molecule has 4 nitrogen and oxygen atoms in total. The highest BCUT2D eigenvalue weighted by Gasteiger charge is 2.10. The molecule has 0 bridgehead atoms. The molecule has 1 amide bonds. The third kappa shape index (κ3) is 6.24. The third-order valence-corrected chi connectivity index (χ3v) is 4.01. The minimum atomic E-state index is -0.726. The Morgan fingerprint density at radius 3 is 2.44 bits per heavy atom. The zero-order valence-electron chi connectivity index (χ0n) is 15.2. The molecule has 0 saturated heterocycles. The molecule has 0 saturated carbocycles. The van der Waals surface area contributed by atoms with E-state index in [0.717, 1.165) is 11.3 Å². The Morgan fingerprint density at radius 2 is 1.80 bits per heavy atom. The second-order valence-corrected chi connectivity index (χ2v) is 6.48. The Labute approximate surface area is 149 Å². The van der Waals surface area contributed by atoms with Crippen molar-refractivity contribution in [2.75, 3.05) is 6.54 Å². The van der Waals surface area contributed by atoms with Crippen molar-refractivity contribution in [1.82, 2.24) is 5.32 Å². The van der Waals surface area contributed by atoms with E-state index in [2.05, 4.69) is 5.32 Å². The van der Waals surface area contributed by atoms with Crippen LogP contribution in [-0.4, -0.2) is 23.7 Å². The van der Waals surface area contributed by atoms with Gasteiger partial charge in [-0.25, -0.2) is 0 Å². The number of hydrogen-bond acceptors (Lipinski definition) is 3. The number of aliphatic hydroxyl groups is 1. The lowest BCUT2D eigenvalue weighted by Gasteiger charge is -2.14. The number of aliphatic hydroxyl groups excluding tert-OH is 1. The number of rotatable bonds is 8. The summed E-state index contributed by atoms with van der Waals surface area (Å²) in [5, 5.41) is 13.0. The predicted molar refractivity (Wildman–Crippen MR) is 99.7 cm³/mol. The molecule has 0 aliphatic carbocycles. The van der Waals surface area contributed by atoms with Gasteiger partial charge in [0.1, 0.15) is 5.75 Å². The average Bonchev–Trinajstić information content (AvgIpc) is 2.59. The number of aryl methyl sites for hydroxylation is 2. The largest absolute Gasteiger partial charge is 0.491 e. The van der Waals surface area contributed by atoms with Gasteiger partial charge >= 0.3 is 0 Å². The van der Waals surface area contributed by atoms with Gasteiger partial charge in [-0.15, -0.1) is 0 Å². The van der Waals surface area contributed by atoms with E-state index in [-0.39, 0.29) is 18.6 Å². The number of carbonyl (C=O) groups is 1. The highest BCUT2D eigenvalue weighted by atomic mass is 16.5. The van der Waals surface area contributed by atoms with Crippen LogP contribution >= 0.6 is 0 Å². The summed E-state index contributed by atoms with van der Waals surface area (Å²) in [6.45, 7) is 6.19. The molecule has 0 radical (unpaired) electrons. The van der Waals surface area contributed by atoms with Crippen molar-refractivity contribution in [2.45, 2.75) is 45.8 Å². The molecule has 1 unspecified atom stereocenters. The Kier molecular flexibility index (Phi) is 7.02. The van der Waals surface area contributed by atoms with E-state index in [1.807, 2.05) is 69.3 Å². The van der Waals surface area contributed by atoms with Crippen LogP contribution in [0.1, 0.15) is 43.1 Å². The first-order chi connectivity index (χ1) is 12.0. The normalized spacial score (nSPS) is 12.0. The summed E-state index contributed by atoms with van der Waals surface area (Å²) in [6, 6.07) is 15.4. The Morgan fingerprint density at radius 1 is 1.12 bits per heavy atom. The van der Waals surface area contributed by atoms with E-state index >= 15 is 0 Å². The molecule has 0 spiro atoms. The van der Waals surface area contributed by atoms with Gasteiger partial charge < -0.3 is 15.2 Å². The van der Waals surface area contributed by atoms with E-state index in [9.17, 15) is 9.90 Å². The first-order valence-corrected chi connectivity index (χ1v) is 8.71. The van der Waals surface area contributed by atoms with Gasteiger partial charge in [-0.3, -0.25) is 4.79 Å². The molecule has 4 heteroatoms. The number of carbonyl (C=O) groups excluding carboxylic acids is 1. The lowest BCUT2D eigenvalue weighted by molar-refractivity contribution is -0.121. The molecule has 0 fully saturated rings. The number of hydrogen-bond donors (Lipinski definition) is 2. The van der Waals surface area contributed by atoms with Gasteiger partial charge in [0, 0.05) is 13.0 Å². The van der Waals surface area contributed by atoms with Crippen molar-refractivity contribution in [3.05, 3.63) is 65.2 Å². The summed E-state index contributed by atoms with van der Waals surface area (Å²) in [6.07, 6.45) is 0.507. The SMILES string of the molecule is Cc1ccccc1CCC(=O)NCC(O)c1ccc(OC(C)C)cc1. The molecule has 2 aromatic rings. The number of ether oxygens (including phenoxy) is 1. The van der Waals surface area contributed by atoms with Gasteiger partial charge in [0.2, 0.25) is 5.91 Å². The van der Waals surface area contributed by atoms with Crippen molar-refractivity contribution in [3.63, 3.8) is 0 Å². The lowest BCUT2D eigenvalue weighted by Crippen LogP contribution is -2.28. The molecule has 134 valence electrons. The molecule has 1 atom stereocenters. The topological polar surface area (TPSA) is 58.6 Å². The zero-order chi connectivity index (χ0) is 18.2. The van der Waals surface area contributed by atoms with Gasteiger partial charge in [0.05, 0.1) is 12.2 Å². The van der Waals surface area contributed by atoms with Gasteiger partial charge in [-0.05, 0) is 56.0 Å². The summed E-state index contributed by atoms with van der Waals surface area (Å²) in [7, 11) is 0. The van der Waals surface area contributed by atoms with Gasteiger partial charge in [0.25, 0.3) is 0 Å². The van der Waals surface area contributed by atoms with E-state index in [0.29, 0.717) is 12.8 Å². The van der Waals surface area contributed by atoms with Gasteiger partial charge in [-0.1, -0.05) is 36.4 Å². The molecule has 0 aliphatic rings. The fraction of sp³-hybridized carbons (Fsp3) is 0.381. The second kappa shape index (κ2) is 9.23. The number of amides is 1. The van der Waals surface area contributed by atoms with Crippen molar-refractivity contribution in [1.29, 1.82) is 0 Å². The van der Waals surface area contributed by atoms with Crippen molar-refractivity contribution >= 4 is 5.91 Å². The molecular formula is C21H27NO3. The number of benzene rings is 2. The maximum absolute atomic E-state index is 12.0. The van der Waals surface area contributed by atoms with Crippen LogP contribution in [0.3, 0.4) is 0 Å². The average molecular weight is 341 g/mol. The van der Waals surface area contributed by atoms with Crippen LogP contribution in [0.4, 0.5) is 0 Å². The second-order valence-electron chi connectivity index (χ2n) is 6.48. The fourth-order valence-corrected chi connectivity index (χ4v) is 2.60. The van der Waals surface area contributed by atoms with Crippen molar-refractivity contribution < 1.29 is 14.6 Å². The van der Waals surface area contributed by atoms with Crippen LogP contribution in [0.2, 0.25) is 0 Å². The highest BCUT2D eigenvalue weighted by molar-refractivity contribution is 5.76. The summed E-state index contributed by atoms with van der Waals surface area (Å²) in [5.41, 5.74) is 3.13. The molecule has 0 aliphatic heterocycles. The monoisotopic (exact) mass is 341 g/mol. The summed E-state index contributed by atoms with van der Waals surface area (Å²) >= 11 is 0. The first-order valence-electron chi connectivity index (χ1n) is 8.71. The maximum atomic E-state index is 12.0. The highest BCUT2D eigenvalue weighted by Crippen LogP contribution is 2.18. The van der Waals surface area contributed by atoms with E-state index < -0.39 is 6.10 Å². The fourth-order valence-electron chi connectivity index (χ4n) is 2.60. The predicted octanol–water partition coefficient (Wildman–Crippen LogP) is 3.56. The Hall–Kier alpha value is -2.33. The molecule has 0 aromatic heterocycles. The first kappa shape index (κ1) is 19.0. The Bertz CT molecular complexity index is 680. The minimum Gasteiger partial charge on any atom is -0.491 e. The van der Waals surface area contributed by atoms with E-state index in [1.54, 1.807) is 0 Å². The van der Waals surface area contributed by atoms with Crippen LogP contribution in [0.5, 0.6) is 5.75 Å². The minimum absolute atomic E-state index is 0.0536. The zero-order valence-corrected chi connectivity index (χ0v) is 15.2. The van der Waals surface area contributed by atoms with Crippen LogP contribution in [0.25, 0.3) is 0 Å². The molecular weight excluding hydrogens is 314 g/mol. The maximum Gasteiger partial charge on any atom is 0.220 e. The van der Waals surface area contributed by atoms with Gasteiger partial charge in [-0.2, -0.15) is 0 Å². The summed E-state index contributed by atoms with van der Waals surface area (Å²) in [5.74, 6) is 0.718. The summed E-state index contributed by atoms with van der Waals surface area (Å²) < 4.78 is 5.58.